The van der Waals surface area contributed by atoms with Crippen LogP contribution in [0.5, 0.6) is 11.5 Å². The fraction of sp³-hybridized carbons (Fsp3) is 0.222. The normalized spacial score (nSPS) is 12.8. The highest BCUT2D eigenvalue weighted by molar-refractivity contribution is 6.04. The van der Waals surface area contributed by atoms with Crippen molar-refractivity contribution in [3.63, 3.8) is 0 Å². The number of carbonyl (C=O) groups is 1. The van der Waals surface area contributed by atoms with E-state index in [2.05, 4.69) is 15.3 Å². The van der Waals surface area contributed by atoms with Crippen LogP contribution in [-0.4, -0.2) is 33.7 Å². The largest absolute Gasteiger partial charge is 0.486 e. The molecule has 3 heterocycles. The Bertz CT molecular complexity index is 1090. The van der Waals surface area contributed by atoms with Crippen LogP contribution in [0.15, 0.2) is 35.4 Å². The average molecular weight is 367 g/mol. The van der Waals surface area contributed by atoms with E-state index in [0.29, 0.717) is 47.8 Å². The van der Waals surface area contributed by atoms with Crippen molar-refractivity contribution in [2.24, 2.45) is 0 Å². The van der Waals surface area contributed by atoms with Crippen LogP contribution >= 0.6 is 0 Å². The summed E-state index contributed by atoms with van der Waals surface area (Å²) in [7, 11) is 0. The number of nitrogens with one attached hydrogen (secondary N) is 1. The van der Waals surface area contributed by atoms with Gasteiger partial charge in [0.2, 0.25) is 5.95 Å². The van der Waals surface area contributed by atoms with E-state index in [1.54, 1.807) is 18.2 Å². The molecule has 1 aliphatic heterocycles. The minimum atomic E-state index is -0.446. The third-order valence-corrected chi connectivity index (χ3v) is 4.29. The topological polar surface area (TPSA) is 121 Å². The van der Waals surface area contributed by atoms with Crippen LogP contribution in [0.1, 0.15) is 17.3 Å². The fourth-order valence-electron chi connectivity index (χ4n) is 3.00. The van der Waals surface area contributed by atoms with Crippen molar-refractivity contribution in [1.82, 2.24) is 14.5 Å². The van der Waals surface area contributed by atoms with E-state index in [0.717, 1.165) is 0 Å². The number of anilines is 2. The molecule has 0 fully saturated rings. The van der Waals surface area contributed by atoms with Gasteiger partial charge in [-0.1, -0.05) is 0 Å². The Balaban J connectivity index is 1.82. The minimum Gasteiger partial charge on any atom is -0.486 e. The highest BCUT2D eigenvalue weighted by atomic mass is 16.6. The number of carbonyl (C=O) groups excluding carboxylic acids is 1. The van der Waals surface area contributed by atoms with Crippen LogP contribution in [0.3, 0.4) is 0 Å². The van der Waals surface area contributed by atoms with Gasteiger partial charge in [-0.2, -0.15) is 0 Å². The zero-order chi connectivity index (χ0) is 19.0. The van der Waals surface area contributed by atoms with Crippen molar-refractivity contribution in [2.45, 2.75) is 13.5 Å². The number of rotatable bonds is 3. The second kappa shape index (κ2) is 6.60. The predicted octanol–water partition coefficient (Wildman–Crippen LogP) is 1.42. The number of nitrogens with two attached hydrogens (primary N) is 1. The molecule has 0 spiro atoms. The first-order valence-corrected chi connectivity index (χ1v) is 8.43. The molecule has 1 aliphatic rings. The number of pyridine rings is 1. The molecule has 3 N–H and O–H groups in total. The quantitative estimate of drug-likeness (QED) is 0.718. The maximum absolute atomic E-state index is 12.9. The van der Waals surface area contributed by atoms with Gasteiger partial charge in [-0.05, 0) is 25.1 Å². The van der Waals surface area contributed by atoms with E-state index >= 15 is 0 Å². The number of nitrogen functional groups attached to an aromatic ring is 1. The second-order valence-corrected chi connectivity index (χ2v) is 5.91. The molecule has 4 rings (SSSR count). The number of nitrogens with zero attached hydrogens (tertiary/aromatic N) is 3. The smallest absolute Gasteiger partial charge is 0.260 e. The molecule has 3 aromatic rings. The highest BCUT2D eigenvalue weighted by Crippen LogP contribution is 2.37. The summed E-state index contributed by atoms with van der Waals surface area (Å²) in [6.45, 7) is 3.06. The first kappa shape index (κ1) is 16.8. The lowest BCUT2D eigenvalue weighted by molar-refractivity contribution is 0.102. The lowest BCUT2D eigenvalue weighted by Crippen LogP contribution is -2.26. The number of aromatic nitrogens is 3. The lowest BCUT2D eigenvalue weighted by Gasteiger charge is -2.21. The van der Waals surface area contributed by atoms with Gasteiger partial charge in [-0.25, -0.2) is 9.97 Å². The van der Waals surface area contributed by atoms with E-state index < -0.39 is 5.91 Å². The fourth-order valence-corrected chi connectivity index (χ4v) is 3.00. The zero-order valence-corrected chi connectivity index (χ0v) is 14.6. The first-order valence-electron chi connectivity index (χ1n) is 8.43. The van der Waals surface area contributed by atoms with Gasteiger partial charge in [-0.3, -0.25) is 14.2 Å². The monoisotopic (exact) mass is 367 g/mol. The molecule has 2 aromatic heterocycles. The number of ether oxygens (including phenoxy) is 2. The van der Waals surface area contributed by atoms with Crippen LogP contribution in [-0.2, 0) is 6.54 Å². The summed E-state index contributed by atoms with van der Waals surface area (Å²) in [6, 6.07) is 5.14. The minimum absolute atomic E-state index is 0.0755. The summed E-state index contributed by atoms with van der Waals surface area (Å²) >= 11 is 0. The van der Waals surface area contributed by atoms with Crippen molar-refractivity contribution in [3.05, 3.63) is 46.5 Å². The summed E-state index contributed by atoms with van der Waals surface area (Å²) < 4.78 is 12.8. The van der Waals surface area contributed by atoms with Crippen LogP contribution in [0.4, 0.5) is 11.8 Å². The Hall–Kier alpha value is -3.62. The van der Waals surface area contributed by atoms with Gasteiger partial charge >= 0.3 is 0 Å². The van der Waals surface area contributed by atoms with Gasteiger partial charge in [-0.15, -0.1) is 0 Å². The van der Waals surface area contributed by atoms with E-state index in [1.807, 2.05) is 6.92 Å². The highest BCUT2D eigenvalue weighted by Gasteiger charge is 2.20. The Morgan fingerprint density at radius 1 is 1.22 bits per heavy atom. The molecule has 0 radical (unpaired) electrons. The molecule has 9 heteroatoms. The van der Waals surface area contributed by atoms with E-state index in [4.69, 9.17) is 15.2 Å². The van der Waals surface area contributed by atoms with Crippen molar-refractivity contribution >= 4 is 28.4 Å². The molecular formula is C18H17N5O4. The molecular weight excluding hydrogens is 350 g/mol. The lowest BCUT2D eigenvalue weighted by atomic mass is 10.1. The molecule has 1 amide bonds. The molecule has 0 unspecified atom stereocenters. The van der Waals surface area contributed by atoms with Gasteiger partial charge < -0.3 is 20.5 Å². The van der Waals surface area contributed by atoms with Gasteiger partial charge in [0.1, 0.15) is 19.0 Å². The number of hydrogen-bond donors (Lipinski definition) is 2. The van der Waals surface area contributed by atoms with E-state index in [9.17, 15) is 9.59 Å². The van der Waals surface area contributed by atoms with E-state index in [-0.39, 0.29) is 17.1 Å². The number of benzene rings is 1. The summed E-state index contributed by atoms with van der Waals surface area (Å²) in [5.41, 5.74) is 5.45. The molecule has 1 aromatic carbocycles. The van der Waals surface area contributed by atoms with Gasteiger partial charge in [0.15, 0.2) is 11.5 Å². The molecule has 0 aliphatic carbocycles. The van der Waals surface area contributed by atoms with Crippen LogP contribution in [0, 0.1) is 0 Å². The van der Waals surface area contributed by atoms with Crippen molar-refractivity contribution in [3.8, 4) is 11.5 Å². The standard InChI is InChI=1S/C18H17N5O4/c1-2-23-14(22-16(24)10-8-20-18(19)21-9-10)7-12-11(17(23)25)3-4-13-15(12)27-6-5-26-13/h3-4,7-9H,2,5-6H2,1H3,(H,22,24)(H2,19,20,21). The number of hydrogen-bond acceptors (Lipinski definition) is 7. The SMILES string of the molecule is CCn1c(NC(=O)c2cnc(N)nc2)cc2c3c(ccc2c1=O)OCCO3. The van der Waals surface area contributed by atoms with Gasteiger partial charge in [0, 0.05) is 24.3 Å². The van der Waals surface area contributed by atoms with Crippen molar-refractivity contribution in [2.75, 3.05) is 24.3 Å². The maximum Gasteiger partial charge on any atom is 0.260 e. The molecule has 0 atom stereocenters. The summed E-state index contributed by atoms with van der Waals surface area (Å²) in [5, 5.41) is 3.83. The molecule has 0 saturated carbocycles. The number of amides is 1. The third-order valence-electron chi connectivity index (χ3n) is 4.29. The predicted molar refractivity (Wildman–Crippen MR) is 99.3 cm³/mol. The zero-order valence-electron chi connectivity index (χ0n) is 14.6. The van der Waals surface area contributed by atoms with E-state index in [1.165, 1.54) is 17.0 Å². The summed E-state index contributed by atoms with van der Waals surface area (Å²) in [5.74, 6) is 1.06. The second-order valence-electron chi connectivity index (χ2n) is 5.91. The van der Waals surface area contributed by atoms with Crippen LogP contribution in [0.25, 0.3) is 10.8 Å². The Labute approximate surface area is 153 Å². The molecule has 0 saturated heterocycles. The maximum atomic E-state index is 12.9. The third kappa shape index (κ3) is 2.92. The van der Waals surface area contributed by atoms with Gasteiger partial charge in [0.05, 0.1) is 10.9 Å². The van der Waals surface area contributed by atoms with Gasteiger partial charge in [0.25, 0.3) is 11.5 Å². The summed E-state index contributed by atoms with van der Waals surface area (Å²) in [4.78, 5) is 33.0. The first-order chi connectivity index (χ1) is 13.1. The molecule has 0 bridgehead atoms. The Morgan fingerprint density at radius 2 is 1.96 bits per heavy atom. The Kier molecular flexibility index (Phi) is 4.11. The molecule has 138 valence electrons. The molecule has 27 heavy (non-hydrogen) atoms. The molecule has 9 nitrogen and oxygen atoms in total. The van der Waals surface area contributed by atoms with Crippen LogP contribution < -0.4 is 26.1 Å². The average Bonchev–Trinajstić information content (AvgIpc) is 2.68. The van der Waals surface area contributed by atoms with Crippen LogP contribution in [0.2, 0.25) is 0 Å². The number of fused-ring (bicyclic) bond motifs is 3. The Morgan fingerprint density at radius 3 is 2.70 bits per heavy atom. The van der Waals surface area contributed by atoms with Crippen molar-refractivity contribution in [1.29, 1.82) is 0 Å². The van der Waals surface area contributed by atoms with Crippen molar-refractivity contribution < 1.29 is 14.3 Å². The summed E-state index contributed by atoms with van der Waals surface area (Å²) in [6.07, 6.45) is 2.65.